The van der Waals surface area contributed by atoms with Gasteiger partial charge in [0.1, 0.15) is 23.9 Å². The van der Waals surface area contributed by atoms with E-state index in [9.17, 15) is 10.2 Å². The van der Waals surface area contributed by atoms with Gasteiger partial charge in [0, 0.05) is 21.1 Å². The molecule has 0 aliphatic carbocycles. The average molecular weight is 491 g/mol. The number of methoxy groups -OCH3 is 2. The Morgan fingerprint density at radius 1 is 0.722 bits per heavy atom. The Morgan fingerprint density at radius 2 is 1.17 bits per heavy atom. The number of benzene rings is 3. The molecule has 1 unspecified atom stereocenters. The summed E-state index contributed by atoms with van der Waals surface area (Å²) in [6, 6.07) is 29.0. The lowest BCUT2D eigenvalue weighted by Crippen LogP contribution is -2.53. The predicted molar refractivity (Wildman–Crippen MR) is 132 cm³/mol. The molecule has 36 heavy (non-hydrogen) atoms. The zero-order chi connectivity index (χ0) is 25.6. The van der Waals surface area contributed by atoms with Crippen LogP contribution in [0.15, 0.2) is 91.0 Å². The van der Waals surface area contributed by atoms with Crippen molar-refractivity contribution in [1.29, 1.82) is 0 Å². The van der Waals surface area contributed by atoms with Gasteiger partial charge in [0.25, 0.3) is 0 Å². The molecule has 1 aliphatic rings. The Bertz CT molecular complexity index is 1060. The molecule has 0 aromatic heterocycles. The molecular weight excluding hydrogens is 460 g/mol. The Kier molecular flexibility index (Phi) is 8.07. The second-order valence-corrected chi connectivity index (χ2v) is 8.27. The summed E-state index contributed by atoms with van der Waals surface area (Å²) in [5.74, 6) is 0.699. The summed E-state index contributed by atoms with van der Waals surface area (Å²) < 4.78 is 29.1. The molecule has 1 fully saturated rings. The van der Waals surface area contributed by atoms with Gasteiger partial charge in [0.15, 0.2) is 12.4 Å². The number of ether oxygens (including phenoxy) is 5. The fourth-order valence-electron chi connectivity index (χ4n) is 4.51. The third-order valence-corrected chi connectivity index (χ3v) is 6.27. The molecule has 0 spiro atoms. The lowest BCUT2D eigenvalue weighted by Gasteiger charge is -2.38. The van der Waals surface area contributed by atoms with Gasteiger partial charge < -0.3 is 33.9 Å². The fraction of sp³-hybridized carbons (Fsp3) is 0.310. The van der Waals surface area contributed by atoms with Crippen LogP contribution in [0.1, 0.15) is 23.6 Å². The predicted octanol–water partition coefficient (Wildman–Crippen LogP) is 3.39. The van der Waals surface area contributed by atoms with Crippen LogP contribution in [-0.4, -0.2) is 55.0 Å². The molecular formula is C29H30O7. The van der Waals surface area contributed by atoms with E-state index in [-0.39, 0.29) is 0 Å². The van der Waals surface area contributed by atoms with Crippen LogP contribution in [0.25, 0.3) is 0 Å². The fourth-order valence-corrected chi connectivity index (χ4v) is 4.51. The minimum absolute atomic E-state index is 0.814. The van der Waals surface area contributed by atoms with Crippen molar-refractivity contribution in [2.75, 3.05) is 14.2 Å². The summed E-state index contributed by atoms with van der Waals surface area (Å²) in [5, 5.41) is 22.1. The lowest BCUT2D eigenvalue weighted by molar-refractivity contribution is -0.391. The molecule has 1 aliphatic heterocycles. The van der Waals surface area contributed by atoms with E-state index in [1.807, 2.05) is 91.0 Å². The van der Waals surface area contributed by atoms with E-state index in [0.717, 1.165) is 16.7 Å². The van der Waals surface area contributed by atoms with E-state index >= 15 is 0 Å². The first-order valence-electron chi connectivity index (χ1n) is 11.6. The number of hydrogen-bond acceptors (Lipinski definition) is 7. The first-order valence-corrected chi connectivity index (χ1v) is 11.6. The van der Waals surface area contributed by atoms with Crippen LogP contribution in [0.5, 0.6) is 0 Å². The van der Waals surface area contributed by atoms with Crippen molar-refractivity contribution < 1.29 is 33.9 Å². The molecule has 4 rings (SSSR count). The van der Waals surface area contributed by atoms with Gasteiger partial charge in [-0.1, -0.05) is 96.9 Å². The van der Waals surface area contributed by atoms with Crippen LogP contribution < -0.4 is 0 Å². The van der Waals surface area contributed by atoms with Crippen LogP contribution in [0.3, 0.4) is 0 Å². The molecule has 3 aromatic rings. The molecule has 188 valence electrons. The first-order chi connectivity index (χ1) is 17.5. The van der Waals surface area contributed by atoms with Gasteiger partial charge in [-0.3, -0.25) is 0 Å². The third kappa shape index (κ3) is 4.63. The van der Waals surface area contributed by atoms with Gasteiger partial charge >= 0.3 is 5.97 Å². The molecule has 0 amide bonds. The van der Waals surface area contributed by atoms with Crippen molar-refractivity contribution in [2.45, 2.75) is 43.1 Å². The van der Waals surface area contributed by atoms with Gasteiger partial charge in [0.05, 0.1) is 0 Å². The minimum atomic E-state index is -1.89. The molecule has 1 heterocycles. The zero-order valence-electron chi connectivity index (χ0n) is 20.4. The maximum Gasteiger partial charge on any atom is 0.365 e. The first kappa shape index (κ1) is 25.9. The maximum atomic E-state index is 11.1. The highest BCUT2D eigenvalue weighted by atomic mass is 16.9. The average Bonchev–Trinajstić information content (AvgIpc) is 3.23. The number of aliphatic hydroxyl groups excluding tert-OH is 2. The molecule has 7 heteroatoms. The number of rotatable bonds is 9. The molecule has 7 nitrogen and oxygen atoms in total. The molecule has 0 saturated carbocycles. The third-order valence-electron chi connectivity index (χ3n) is 6.27. The molecule has 4 atom stereocenters. The Hall–Kier alpha value is -3.22. The van der Waals surface area contributed by atoms with Gasteiger partial charge in [-0.05, 0) is 16.7 Å². The van der Waals surface area contributed by atoms with Crippen LogP contribution in [-0.2, 0) is 29.3 Å². The van der Waals surface area contributed by atoms with E-state index in [0.29, 0.717) is 0 Å². The monoisotopic (exact) mass is 490 g/mol. The largest absolute Gasteiger partial charge is 0.387 e. The highest BCUT2D eigenvalue weighted by Crippen LogP contribution is 2.44. The zero-order valence-corrected chi connectivity index (χ0v) is 20.4. The van der Waals surface area contributed by atoms with Crippen molar-refractivity contribution in [3.05, 3.63) is 108 Å². The smallest absolute Gasteiger partial charge is 0.365 e. The maximum absolute atomic E-state index is 11.1. The van der Waals surface area contributed by atoms with Crippen molar-refractivity contribution in [3.8, 4) is 12.0 Å². The van der Waals surface area contributed by atoms with Crippen LogP contribution >= 0.6 is 0 Å². The lowest BCUT2D eigenvalue weighted by atomic mass is 9.80. The molecule has 0 radical (unpaired) electrons. The van der Waals surface area contributed by atoms with Gasteiger partial charge in [0.2, 0.25) is 0 Å². The SMILES string of the molecule is CC#COC(OC)(OC)[C@@H]1OC(OC(c2ccccc2)(c2ccccc2)c2ccccc2)[C@@H](O)[C@H]1O. The number of hydrogen-bond donors (Lipinski definition) is 2. The summed E-state index contributed by atoms with van der Waals surface area (Å²) in [5.41, 5.74) is 1.26. The normalized spacial score (nSPS) is 22.0. The molecule has 0 bridgehead atoms. The molecule has 2 N–H and O–H groups in total. The van der Waals surface area contributed by atoms with Gasteiger partial charge in [-0.15, -0.1) is 0 Å². The van der Waals surface area contributed by atoms with E-state index < -0.39 is 36.2 Å². The molecule has 1 saturated heterocycles. The molecule has 3 aromatic carbocycles. The van der Waals surface area contributed by atoms with Crippen LogP contribution in [0, 0.1) is 12.0 Å². The second-order valence-electron chi connectivity index (χ2n) is 8.27. The van der Waals surface area contributed by atoms with E-state index in [1.54, 1.807) is 6.92 Å². The quantitative estimate of drug-likeness (QED) is 0.270. The highest BCUT2D eigenvalue weighted by Gasteiger charge is 2.59. The minimum Gasteiger partial charge on any atom is -0.387 e. The van der Waals surface area contributed by atoms with Crippen LogP contribution in [0.2, 0.25) is 0 Å². The topological polar surface area (TPSA) is 86.6 Å². The number of aliphatic hydroxyl groups is 2. The Morgan fingerprint density at radius 3 is 1.56 bits per heavy atom. The highest BCUT2D eigenvalue weighted by molar-refractivity contribution is 5.47. The Labute approximate surface area is 211 Å². The van der Waals surface area contributed by atoms with E-state index in [1.165, 1.54) is 14.2 Å². The Balaban J connectivity index is 1.83. The summed E-state index contributed by atoms with van der Waals surface area (Å²) in [4.78, 5) is 0. The second kappa shape index (κ2) is 11.2. The van der Waals surface area contributed by atoms with Gasteiger partial charge in [-0.25, -0.2) is 0 Å². The van der Waals surface area contributed by atoms with Gasteiger partial charge in [-0.2, -0.15) is 0 Å². The van der Waals surface area contributed by atoms with Crippen molar-refractivity contribution in [3.63, 3.8) is 0 Å². The summed E-state index contributed by atoms with van der Waals surface area (Å²) in [6.45, 7) is 1.58. The van der Waals surface area contributed by atoms with Crippen molar-refractivity contribution in [2.24, 2.45) is 0 Å². The van der Waals surface area contributed by atoms with E-state index in [4.69, 9.17) is 23.7 Å². The van der Waals surface area contributed by atoms with Crippen LogP contribution in [0.4, 0.5) is 0 Å². The summed E-state index contributed by atoms with van der Waals surface area (Å²) in [7, 11) is 2.67. The van der Waals surface area contributed by atoms with Crippen molar-refractivity contribution >= 4 is 0 Å². The summed E-state index contributed by atoms with van der Waals surface area (Å²) in [6.07, 6.45) is -3.04. The standard InChI is InChI=1S/C29H30O7/c1-4-20-34-29(32-2,33-3)26-24(30)25(31)27(35-26)36-28(21-14-8-5-9-15-21,22-16-10-6-11-17-22)23-18-12-7-13-19-23/h5-19,24-27,30-31H,1-3H3/t24-,25+,26-,27?/m1/s1. The van der Waals surface area contributed by atoms with E-state index in [2.05, 4.69) is 12.0 Å². The summed E-state index contributed by atoms with van der Waals surface area (Å²) >= 11 is 0. The van der Waals surface area contributed by atoms with Crippen molar-refractivity contribution in [1.82, 2.24) is 0 Å².